The number of hydrogen-bond donors (Lipinski definition) is 2. The van der Waals surface area contributed by atoms with E-state index in [0.717, 1.165) is 32.5 Å². The molecule has 31 heavy (non-hydrogen) atoms. The number of anilines is 1. The normalized spacial score (nSPS) is 29.5. The first-order valence-electron chi connectivity index (χ1n) is 11.9. The van der Waals surface area contributed by atoms with Crippen LogP contribution >= 0.6 is 0 Å². The average molecular weight is 426 g/mol. The summed E-state index contributed by atoms with van der Waals surface area (Å²) in [6, 6.07) is 8.06. The summed E-state index contributed by atoms with van der Waals surface area (Å²) in [5, 5.41) is 6.79. The highest BCUT2D eigenvalue weighted by Crippen LogP contribution is 2.33. The minimum Gasteiger partial charge on any atom is -0.423 e. The molecule has 0 saturated carbocycles. The van der Waals surface area contributed by atoms with E-state index in [1.54, 1.807) is 0 Å². The topological polar surface area (TPSA) is 73.6 Å². The average Bonchev–Trinajstić information content (AvgIpc) is 3.18. The van der Waals surface area contributed by atoms with E-state index in [-0.39, 0.29) is 11.9 Å². The van der Waals surface area contributed by atoms with Crippen LogP contribution in [0.15, 0.2) is 22.6 Å². The van der Waals surface area contributed by atoms with Crippen molar-refractivity contribution in [3.8, 4) is 0 Å². The Labute approximate surface area is 184 Å². The Hall–Kier alpha value is -2.12. The number of benzene rings is 1. The highest BCUT2D eigenvalue weighted by Gasteiger charge is 2.37. The lowest BCUT2D eigenvalue weighted by molar-refractivity contribution is 0.0463. The summed E-state index contributed by atoms with van der Waals surface area (Å²) in [6.45, 7) is 7.14. The molecule has 1 aromatic heterocycles. The maximum Gasteiger partial charge on any atom is 0.298 e. The largest absolute Gasteiger partial charge is 0.423 e. The standard InChI is InChI=1S/C24H35N5O2/c1-15(2)20-14-25-10-11-29(20)24-27-22-19(8-5-9-21(22)31-24)23(30)26-16-12-17-6-4-7-18(13-16)28(17)3/h5,8-9,15-18,20,25H,4,6-7,10-14H2,1-3H3,(H,26,30)/t16?,17?,18?,20-/m1/s1. The van der Waals surface area contributed by atoms with Crippen molar-refractivity contribution in [3.63, 3.8) is 0 Å². The molecule has 2 aromatic rings. The van der Waals surface area contributed by atoms with Crippen LogP contribution in [-0.2, 0) is 0 Å². The SMILES string of the molecule is CC(C)[C@H]1CNCCN1c1nc2c(C(=O)NC3CC4CCCC(C3)N4C)cccc2o1. The fourth-order valence-electron chi connectivity index (χ4n) is 5.80. The second-order valence-corrected chi connectivity index (χ2v) is 9.90. The number of nitrogens with one attached hydrogen (secondary N) is 2. The molecule has 0 radical (unpaired) electrons. The van der Waals surface area contributed by atoms with Crippen LogP contribution in [0.4, 0.5) is 6.01 Å². The third kappa shape index (κ3) is 3.94. The predicted octanol–water partition coefficient (Wildman–Crippen LogP) is 3.01. The lowest BCUT2D eigenvalue weighted by Crippen LogP contribution is -2.55. The first-order chi connectivity index (χ1) is 15.0. The summed E-state index contributed by atoms with van der Waals surface area (Å²) >= 11 is 0. The number of carbonyl (C=O) groups is 1. The Morgan fingerprint density at radius 2 is 2.03 bits per heavy atom. The van der Waals surface area contributed by atoms with Crippen molar-refractivity contribution in [2.24, 2.45) is 5.92 Å². The van der Waals surface area contributed by atoms with Gasteiger partial charge < -0.3 is 24.9 Å². The molecule has 7 nitrogen and oxygen atoms in total. The van der Waals surface area contributed by atoms with Gasteiger partial charge >= 0.3 is 0 Å². The Bertz CT molecular complexity index is 927. The number of aromatic nitrogens is 1. The van der Waals surface area contributed by atoms with Crippen molar-refractivity contribution >= 4 is 23.0 Å². The van der Waals surface area contributed by atoms with Crippen LogP contribution in [0, 0.1) is 5.92 Å². The molecule has 3 aliphatic heterocycles. The van der Waals surface area contributed by atoms with Gasteiger partial charge in [0.25, 0.3) is 11.9 Å². The minimum absolute atomic E-state index is 0.0289. The number of oxazole rings is 1. The zero-order valence-electron chi connectivity index (χ0n) is 18.9. The number of hydrogen-bond acceptors (Lipinski definition) is 6. The molecule has 7 heteroatoms. The minimum atomic E-state index is -0.0289. The Balaban J connectivity index is 1.37. The first kappa shape index (κ1) is 20.8. The fourth-order valence-corrected chi connectivity index (χ4v) is 5.80. The van der Waals surface area contributed by atoms with E-state index in [9.17, 15) is 4.79 Å². The second kappa shape index (κ2) is 8.43. The molecule has 5 rings (SSSR count). The van der Waals surface area contributed by atoms with E-state index in [0.29, 0.717) is 46.7 Å². The number of amides is 1. The fraction of sp³-hybridized carbons (Fsp3) is 0.667. The van der Waals surface area contributed by atoms with Crippen LogP contribution in [0.2, 0.25) is 0 Å². The monoisotopic (exact) mass is 425 g/mol. The summed E-state index contributed by atoms with van der Waals surface area (Å²) in [4.78, 5) is 22.8. The van der Waals surface area contributed by atoms with Gasteiger partial charge in [-0.05, 0) is 50.8 Å². The molecule has 3 saturated heterocycles. The zero-order valence-corrected chi connectivity index (χ0v) is 18.9. The molecule has 168 valence electrons. The van der Waals surface area contributed by atoms with Gasteiger partial charge in [0.1, 0.15) is 5.52 Å². The van der Waals surface area contributed by atoms with Crippen LogP contribution in [0.5, 0.6) is 0 Å². The molecular weight excluding hydrogens is 390 g/mol. The molecular formula is C24H35N5O2. The summed E-state index contributed by atoms with van der Waals surface area (Å²) in [6.07, 6.45) is 5.86. The molecule has 3 atom stereocenters. The number of piperidine rings is 2. The first-order valence-corrected chi connectivity index (χ1v) is 11.9. The molecule has 1 aromatic carbocycles. The smallest absolute Gasteiger partial charge is 0.298 e. The Kier molecular flexibility index (Phi) is 5.65. The molecule has 3 aliphatic rings. The van der Waals surface area contributed by atoms with E-state index in [2.05, 4.69) is 41.3 Å². The van der Waals surface area contributed by atoms with E-state index in [4.69, 9.17) is 9.40 Å². The molecule has 2 bridgehead atoms. The molecule has 3 fully saturated rings. The van der Waals surface area contributed by atoms with Gasteiger partial charge in [0.2, 0.25) is 0 Å². The van der Waals surface area contributed by atoms with Gasteiger partial charge in [0, 0.05) is 43.8 Å². The summed E-state index contributed by atoms with van der Waals surface area (Å²) in [5.74, 6) is 0.452. The number of carbonyl (C=O) groups excluding carboxylic acids is 1. The summed E-state index contributed by atoms with van der Waals surface area (Å²) in [5.41, 5.74) is 1.97. The van der Waals surface area contributed by atoms with Gasteiger partial charge in [-0.15, -0.1) is 0 Å². The Morgan fingerprint density at radius 3 is 2.77 bits per heavy atom. The highest BCUT2D eigenvalue weighted by molar-refractivity contribution is 6.04. The van der Waals surface area contributed by atoms with Gasteiger partial charge in [0.15, 0.2) is 5.58 Å². The number of rotatable bonds is 4. The molecule has 2 unspecified atom stereocenters. The lowest BCUT2D eigenvalue weighted by Gasteiger charge is -2.47. The summed E-state index contributed by atoms with van der Waals surface area (Å²) < 4.78 is 6.14. The van der Waals surface area contributed by atoms with Gasteiger partial charge in [-0.1, -0.05) is 26.3 Å². The third-order valence-electron chi connectivity index (χ3n) is 7.63. The lowest BCUT2D eigenvalue weighted by atomic mass is 9.82. The third-order valence-corrected chi connectivity index (χ3v) is 7.63. The van der Waals surface area contributed by atoms with Crippen molar-refractivity contribution in [2.75, 3.05) is 31.6 Å². The van der Waals surface area contributed by atoms with Crippen LogP contribution in [-0.4, -0.2) is 66.6 Å². The maximum atomic E-state index is 13.3. The quantitative estimate of drug-likeness (QED) is 0.785. The Morgan fingerprint density at radius 1 is 1.26 bits per heavy atom. The van der Waals surface area contributed by atoms with Crippen LogP contribution in [0.1, 0.15) is 56.3 Å². The van der Waals surface area contributed by atoms with Gasteiger partial charge in [-0.3, -0.25) is 4.79 Å². The number of fused-ring (bicyclic) bond motifs is 3. The summed E-state index contributed by atoms with van der Waals surface area (Å²) in [7, 11) is 2.24. The number of piperazine rings is 1. The number of para-hydroxylation sites is 1. The van der Waals surface area contributed by atoms with Crippen molar-refractivity contribution in [3.05, 3.63) is 23.8 Å². The molecule has 0 aliphatic carbocycles. The number of nitrogens with zero attached hydrogens (tertiary/aromatic N) is 3. The van der Waals surface area contributed by atoms with Crippen molar-refractivity contribution < 1.29 is 9.21 Å². The molecule has 1 amide bonds. The van der Waals surface area contributed by atoms with Gasteiger partial charge in [-0.25, -0.2) is 0 Å². The van der Waals surface area contributed by atoms with E-state index in [1.807, 2.05) is 18.2 Å². The molecule has 2 N–H and O–H groups in total. The van der Waals surface area contributed by atoms with E-state index >= 15 is 0 Å². The van der Waals surface area contributed by atoms with Gasteiger partial charge in [-0.2, -0.15) is 4.98 Å². The predicted molar refractivity (Wildman–Crippen MR) is 123 cm³/mol. The second-order valence-electron chi connectivity index (χ2n) is 9.90. The zero-order chi connectivity index (χ0) is 21.5. The van der Waals surface area contributed by atoms with E-state index in [1.165, 1.54) is 19.3 Å². The maximum absolute atomic E-state index is 13.3. The van der Waals surface area contributed by atoms with Crippen LogP contribution in [0.3, 0.4) is 0 Å². The van der Waals surface area contributed by atoms with Crippen molar-refractivity contribution in [1.29, 1.82) is 0 Å². The molecule has 0 spiro atoms. The van der Waals surface area contributed by atoms with Gasteiger partial charge in [0.05, 0.1) is 5.56 Å². The van der Waals surface area contributed by atoms with E-state index < -0.39 is 0 Å². The van der Waals surface area contributed by atoms with Crippen molar-refractivity contribution in [1.82, 2.24) is 20.5 Å². The van der Waals surface area contributed by atoms with Crippen LogP contribution < -0.4 is 15.5 Å². The molecule has 4 heterocycles. The van der Waals surface area contributed by atoms with Crippen molar-refractivity contribution in [2.45, 2.75) is 70.1 Å². The highest BCUT2D eigenvalue weighted by atomic mass is 16.4. The van der Waals surface area contributed by atoms with Crippen LogP contribution in [0.25, 0.3) is 11.1 Å².